The van der Waals surface area contributed by atoms with E-state index in [1.807, 2.05) is 19.1 Å². The standard InChI is InChI=1S/C12H20N2O/c1-4-9(3)15-10-6-7-12(14-8-10)11(13)5-2/h6-9,11H,4-5,13H2,1-3H3/t9?,11-/m0/s1. The Morgan fingerprint density at radius 2 is 2.07 bits per heavy atom. The molecule has 0 radical (unpaired) electrons. The smallest absolute Gasteiger partial charge is 0.138 e. The molecule has 3 heteroatoms. The number of hydrogen-bond donors (Lipinski definition) is 1. The van der Waals surface area contributed by atoms with Crippen molar-refractivity contribution in [1.29, 1.82) is 0 Å². The number of hydrogen-bond acceptors (Lipinski definition) is 3. The van der Waals surface area contributed by atoms with E-state index in [0.29, 0.717) is 0 Å². The van der Waals surface area contributed by atoms with Gasteiger partial charge < -0.3 is 10.5 Å². The van der Waals surface area contributed by atoms with Gasteiger partial charge in [0.1, 0.15) is 5.75 Å². The van der Waals surface area contributed by atoms with Crippen LogP contribution in [0.2, 0.25) is 0 Å². The highest BCUT2D eigenvalue weighted by molar-refractivity contribution is 5.21. The molecule has 0 saturated carbocycles. The lowest BCUT2D eigenvalue weighted by Gasteiger charge is -2.13. The van der Waals surface area contributed by atoms with Gasteiger partial charge in [-0.15, -0.1) is 0 Å². The minimum Gasteiger partial charge on any atom is -0.489 e. The van der Waals surface area contributed by atoms with E-state index in [4.69, 9.17) is 10.5 Å². The fraction of sp³-hybridized carbons (Fsp3) is 0.583. The van der Waals surface area contributed by atoms with Crippen molar-refractivity contribution in [2.75, 3.05) is 0 Å². The largest absolute Gasteiger partial charge is 0.489 e. The molecule has 15 heavy (non-hydrogen) atoms. The van der Waals surface area contributed by atoms with E-state index in [1.165, 1.54) is 0 Å². The molecule has 1 heterocycles. The molecule has 0 spiro atoms. The van der Waals surface area contributed by atoms with E-state index >= 15 is 0 Å². The van der Waals surface area contributed by atoms with Gasteiger partial charge in [-0.2, -0.15) is 0 Å². The van der Waals surface area contributed by atoms with E-state index in [-0.39, 0.29) is 12.1 Å². The van der Waals surface area contributed by atoms with Crippen molar-refractivity contribution < 1.29 is 4.74 Å². The molecule has 0 aliphatic rings. The Kier molecular flexibility index (Phi) is 4.56. The molecule has 1 rings (SSSR count). The lowest BCUT2D eigenvalue weighted by molar-refractivity contribution is 0.216. The molecule has 0 amide bonds. The van der Waals surface area contributed by atoms with E-state index in [9.17, 15) is 0 Å². The van der Waals surface area contributed by atoms with Crippen LogP contribution < -0.4 is 10.5 Å². The summed E-state index contributed by atoms with van der Waals surface area (Å²) in [5.74, 6) is 0.816. The Labute approximate surface area is 91.7 Å². The summed E-state index contributed by atoms with van der Waals surface area (Å²) in [4.78, 5) is 4.29. The van der Waals surface area contributed by atoms with Crippen molar-refractivity contribution in [3.8, 4) is 5.75 Å². The van der Waals surface area contributed by atoms with Crippen LogP contribution in [0, 0.1) is 0 Å². The second kappa shape index (κ2) is 5.71. The van der Waals surface area contributed by atoms with E-state index in [1.54, 1.807) is 6.20 Å². The SMILES string of the molecule is CCC(C)Oc1ccc([C@@H](N)CC)nc1. The molecule has 0 aliphatic heterocycles. The maximum atomic E-state index is 5.87. The predicted octanol–water partition coefficient (Wildman–Crippen LogP) is 2.67. The van der Waals surface area contributed by atoms with E-state index < -0.39 is 0 Å². The molecule has 1 unspecified atom stereocenters. The van der Waals surface area contributed by atoms with Gasteiger partial charge in [-0.25, -0.2) is 0 Å². The third-order valence-electron chi connectivity index (χ3n) is 2.49. The predicted molar refractivity (Wildman–Crippen MR) is 61.8 cm³/mol. The van der Waals surface area contributed by atoms with Gasteiger partial charge in [0.2, 0.25) is 0 Å². The van der Waals surface area contributed by atoms with Crippen LogP contribution in [-0.2, 0) is 0 Å². The number of nitrogens with zero attached hydrogens (tertiary/aromatic N) is 1. The van der Waals surface area contributed by atoms with Crippen LogP contribution >= 0.6 is 0 Å². The minimum atomic E-state index is 0.0302. The van der Waals surface area contributed by atoms with Crippen LogP contribution in [0.25, 0.3) is 0 Å². The lowest BCUT2D eigenvalue weighted by atomic mass is 10.1. The summed E-state index contributed by atoms with van der Waals surface area (Å²) in [6, 6.07) is 3.90. The molecule has 1 aromatic heterocycles. The average Bonchev–Trinajstić information content (AvgIpc) is 2.29. The Balaban J connectivity index is 2.64. The van der Waals surface area contributed by atoms with Crippen molar-refractivity contribution >= 4 is 0 Å². The number of ether oxygens (including phenoxy) is 1. The average molecular weight is 208 g/mol. The molecule has 0 fully saturated rings. The third-order valence-corrected chi connectivity index (χ3v) is 2.49. The van der Waals surface area contributed by atoms with Gasteiger partial charge in [-0.05, 0) is 31.9 Å². The third kappa shape index (κ3) is 3.51. The van der Waals surface area contributed by atoms with Gasteiger partial charge >= 0.3 is 0 Å². The maximum absolute atomic E-state index is 5.87. The Bertz CT molecular complexity index is 284. The molecule has 3 nitrogen and oxygen atoms in total. The quantitative estimate of drug-likeness (QED) is 0.809. The van der Waals surface area contributed by atoms with E-state index in [0.717, 1.165) is 24.3 Å². The fourth-order valence-corrected chi connectivity index (χ4v) is 1.21. The van der Waals surface area contributed by atoms with Crippen molar-refractivity contribution in [3.05, 3.63) is 24.0 Å². The Morgan fingerprint density at radius 3 is 2.53 bits per heavy atom. The van der Waals surface area contributed by atoms with Gasteiger partial charge in [0.15, 0.2) is 0 Å². The first-order valence-corrected chi connectivity index (χ1v) is 5.55. The molecule has 0 aliphatic carbocycles. The lowest BCUT2D eigenvalue weighted by Crippen LogP contribution is -2.12. The highest BCUT2D eigenvalue weighted by Gasteiger charge is 2.05. The summed E-state index contributed by atoms with van der Waals surface area (Å²) in [6.45, 7) is 6.20. The van der Waals surface area contributed by atoms with Crippen molar-refractivity contribution in [2.24, 2.45) is 5.73 Å². The molecular formula is C12H20N2O. The molecule has 2 N–H and O–H groups in total. The van der Waals surface area contributed by atoms with Gasteiger partial charge in [0.05, 0.1) is 18.0 Å². The van der Waals surface area contributed by atoms with Crippen molar-refractivity contribution in [3.63, 3.8) is 0 Å². The van der Waals surface area contributed by atoms with Crippen LogP contribution in [0.15, 0.2) is 18.3 Å². The monoisotopic (exact) mass is 208 g/mol. The Hall–Kier alpha value is -1.09. The molecule has 84 valence electrons. The summed E-state index contributed by atoms with van der Waals surface area (Å²) >= 11 is 0. The van der Waals surface area contributed by atoms with Crippen LogP contribution in [0.5, 0.6) is 5.75 Å². The highest BCUT2D eigenvalue weighted by atomic mass is 16.5. The first-order valence-electron chi connectivity index (χ1n) is 5.55. The second-order valence-electron chi connectivity index (χ2n) is 3.77. The zero-order valence-corrected chi connectivity index (χ0v) is 9.73. The topological polar surface area (TPSA) is 48.1 Å². The van der Waals surface area contributed by atoms with Crippen LogP contribution in [0.4, 0.5) is 0 Å². The van der Waals surface area contributed by atoms with Gasteiger partial charge in [0.25, 0.3) is 0 Å². The highest BCUT2D eigenvalue weighted by Crippen LogP contribution is 2.16. The van der Waals surface area contributed by atoms with Gasteiger partial charge in [0, 0.05) is 6.04 Å². The van der Waals surface area contributed by atoms with Crippen LogP contribution in [0.1, 0.15) is 45.3 Å². The van der Waals surface area contributed by atoms with Gasteiger partial charge in [-0.1, -0.05) is 13.8 Å². The summed E-state index contributed by atoms with van der Waals surface area (Å²) in [5, 5.41) is 0. The zero-order valence-electron chi connectivity index (χ0n) is 9.73. The first-order chi connectivity index (χ1) is 7.17. The summed E-state index contributed by atoms with van der Waals surface area (Å²) in [5.41, 5.74) is 6.79. The number of aromatic nitrogens is 1. The minimum absolute atomic E-state index is 0.0302. The normalized spacial score (nSPS) is 14.7. The van der Waals surface area contributed by atoms with Crippen LogP contribution in [0.3, 0.4) is 0 Å². The molecule has 0 saturated heterocycles. The molecular weight excluding hydrogens is 188 g/mol. The van der Waals surface area contributed by atoms with Crippen molar-refractivity contribution in [1.82, 2.24) is 4.98 Å². The van der Waals surface area contributed by atoms with Crippen LogP contribution in [-0.4, -0.2) is 11.1 Å². The number of nitrogens with two attached hydrogens (primary N) is 1. The number of pyridine rings is 1. The zero-order chi connectivity index (χ0) is 11.3. The second-order valence-corrected chi connectivity index (χ2v) is 3.77. The summed E-state index contributed by atoms with van der Waals surface area (Å²) in [6.07, 6.45) is 3.88. The fourth-order valence-electron chi connectivity index (χ4n) is 1.21. The molecule has 2 atom stereocenters. The van der Waals surface area contributed by atoms with Gasteiger partial charge in [-0.3, -0.25) is 4.98 Å². The first kappa shape index (κ1) is 12.0. The molecule has 0 aromatic carbocycles. The summed E-state index contributed by atoms with van der Waals surface area (Å²) < 4.78 is 5.63. The summed E-state index contributed by atoms with van der Waals surface area (Å²) in [7, 11) is 0. The molecule has 1 aromatic rings. The Morgan fingerprint density at radius 1 is 1.33 bits per heavy atom. The van der Waals surface area contributed by atoms with E-state index in [2.05, 4.69) is 18.8 Å². The number of rotatable bonds is 5. The maximum Gasteiger partial charge on any atom is 0.138 e. The molecule has 0 bridgehead atoms. The van der Waals surface area contributed by atoms with Crippen molar-refractivity contribution in [2.45, 2.75) is 45.8 Å².